The monoisotopic (exact) mass is 279 g/mol. The summed E-state index contributed by atoms with van der Waals surface area (Å²) in [5.74, 6) is 0.623. The summed E-state index contributed by atoms with van der Waals surface area (Å²) in [5, 5.41) is 4.54. The minimum Gasteiger partial charge on any atom is -0.369 e. The second-order valence-corrected chi connectivity index (χ2v) is 6.67. The van der Waals surface area contributed by atoms with Crippen LogP contribution in [0.25, 0.3) is 11.2 Å². The number of anilines is 1. The Hall–Kier alpha value is -1.17. The molecule has 2 N–H and O–H groups in total. The Bertz CT molecular complexity index is 603. The molecule has 0 amide bonds. The number of aryl methyl sites for hydroxylation is 2. The van der Waals surface area contributed by atoms with Crippen LogP contribution in [0.1, 0.15) is 31.9 Å². The third-order valence-corrected chi connectivity index (χ3v) is 5.70. The Morgan fingerprint density at radius 2 is 2.16 bits per heavy atom. The van der Waals surface area contributed by atoms with E-state index in [0.29, 0.717) is 10.7 Å². The molecule has 104 valence electrons. The van der Waals surface area contributed by atoms with Crippen molar-refractivity contribution < 1.29 is 0 Å². The topological polar surface area (TPSA) is 61.7 Å². The number of imidazole rings is 1. The molecule has 0 radical (unpaired) electrons. The summed E-state index contributed by atoms with van der Waals surface area (Å²) in [6, 6.07) is 0. The molecule has 2 aromatic rings. The summed E-state index contributed by atoms with van der Waals surface area (Å²) in [6.45, 7) is 3.05. The van der Waals surface area contributed by atoms with Crippen molar-refractivity contribution >= 4 is 28.9 Å². The first-order chi connectivity index (χ1) is 9.10. The van der Waals surface area contributed by atoms with Crippen LogP contribution in [0.4, 0.5) is 5.95 Å². The van der Waals surface area contributed by atoms with Gasteiger partial charge in [-0.25, -0.2) is 4.98 Å². The summed E-state index contributed by atoms with van der Waals surface area (Å²) in [7, 11) is 1.98. The molecule has 0 atom stereocenters. The normalized spacial score (nSPS) is 17.8. The molecule has 1 fully saturated rings. The van der Waals surface area contributed by atoms with Crippen molar-refractivity contribution in [2.24, 2.45) is 7.05 Å². The summed E-state index contributed by atoms with van der Waals surface area (Å²) in [4.78, 5) is 4.53. The van der Waals surface area contributed by atoms with E-state index in [1.165, 1.54) is 19.3 Å². The maximum atomic E-state index is 6.13. The van der Waals surface area contributed by atoms with Gasteiger partial charge < -0.3 is 5.73 Å². The van der Waals surface area contributed by atoms with Crippen LogP contribution in [0.2, 0.25) is 0 Å². The number of thioether (sulfide) groups is 1. The average molecular weight is 279 g/mol. The van der Waals surface area contributed by atoms with E-state index in [4.69, 9.17) is 5.73 Å². The van der Waals surface area contributed by atoms with E-state index in [2.05, 4.69) is 27.8 Å². The second kappa shape index (κ2) is 4.44. The smallest absolute Gasteiger partial charge is 0.202 e. The van der Waals surface area contributed by atoms with Gasteiger partial charge in [0.2, 0.25) is 5.95 Å². The molecule has 0 saturated heterocycles. The highest BCUT2D eigenvalue weighted by Gasteiger charge is 2.37. The van der Waals surface area contributed by atoms with Gasteiger partial charge in [-0.15, -0.1) is 0 Å². The van der Waals surface area contributed by atoms with E-state index >= 15 is 0 Å². The fraction of sp³-hybridized carbons (Fsp3) is 0.692. The summed E-state index contributed by atoms with van der Waals surface area (Å²) in [5.41, 5.74) is 9.20. The molecule has 3 rings (SSSR count). The van der Waals surface area contributed by atoms with Crippen LogP contribution >= 0.6 is 11.8 Å². The number of aromatic nitrogens is 4. The first kappa shape index (κ1) is 12.8. The highest BCUT2D eigenvalue weighted by atomic mass is 32.2. The lowest BCUT2D eigenvalue weighted by Gasteiger charge is -2.40. The number of nitrogens with two attached hydrogens (primary N) is 1. The molecule has 0 bridgehead atoms. The Balaban J connectivity index is 2.07. The molecular weight excluding hydrogens is 258 g/mol. The van der Waals surface area contributed by atoms with Crippen molar-refractivity contribution in [3.05, 3.63) is 5.69 Å². The molecule has 0 aromatic carbocycles. The van der Waals surface area contributed by atoms with Gasteiger partial charge >= 0.3 is 0 Å². The van der Waals surface area contributed by atoms with Crippen molar-refractivity contribution in [3.8, 4) is 0 Å². The summed E-state index contributed by atoms with van der Waals surface area (Å²) < 4.78 is 4.42. The van der Waals surface area contributed by atoms with E-state index < -0.39 is 0 Å². The third kappa shape index (κ3) is 1.84. The van der Waals surface area contributed by atoms with Crippen molar-refractivity contribution in [1.82, 2.24) is 19.3 Å². The zero-order chi connectivity index (χ0) is 13.6. The van der Waals surface area contributed by atoms with E-state index in [1.54, 1.807) is 0 Å². The van der Waals surface area contributed by atoms with Gasteiger partial charge in [0.1, 0.15) is 5.52 Å². The van der Waals surface area contributed by atoms with E-state index in [9.17, 15) is 0 Å². The fourth-order valence-electron chi connectivity index (χ4n) is 2.94. The van der Waals surface area contributed by atoms with Crippen LogP contribution in [0, 0.1) is 0 Å². The fourth-order valence-corrected chi connectivity index (χ4v) is 3.89. The molecule has 2 heterocycles. The number of nitrogen functional groups attached to an aromatic ring is 1. The maximum Gasteiger partial charge on any atom is 0.202 e. The lowest BCUT2D eigenvalue weighted by atomic mass is 9.84. The lowest BCUT2D eigenvalue weighted by molar-refractivity contribution is 0.325. The lowest BCUT2D eigenvalue weighted by Crippen LogP contribution is -2.38. The molecule has 0 aliphatic heterocycles. The highest BCUT2D eigenvalue weighted by Crippen LogP contribution is 2.45. The summed E-state index contributed by atoms with van der Waals surface area (Å²) >= 11 is 1.96. The van der Waals surface area contributed by atoms with Crippen molar-refractivity contribution in [3.63, 3.8) is 0 Å². The van der Waals surface area contributed by atoms with Gasteiger partial charge in [-0.05, 0) is 25.5 Å². The number of rotatable bonds is 4. The van der Waals surface area contributed by atoms with Gasteiger partial charge in [-0.2, -0.15) is 16.9 Å². The third-order valence-electron chi connectivity index (χ3n) is 4.30. The minimum atomic E-state index is 0.346. The van der Waals surface area contributed by atoms with Crippen molar-refractivity contribution in [1.29, 1.82) is 0 Å². The minimum absolute atomic E-state index is 0.346. The van der Waals surface area contributed by atoms with Crippen LogP contribution in [-0.4, -0.2) is 30.3 Å². The molecule has 0 unspecified atom stereocenters. The molecular formula is C13H21N5S. The molecule has 1 aliphatic rings. The largest absolute Gasteiger partial charge is 0.369 e. The predicted molar refractivity (Wildman–Crippen MR) is 80.4 cm³/mol. The van der Waals surface area contributed by atoms with Crippen molar-refractivity contribution in [2.75, 3.05) is 12.0 Å². The number of hydrogen-bond donors (Lipinski definition) is 1. The van der Waals surface area contributed by atoms with Gasteiger partial charge in [0.25, 0.3) is 0 Å². The zero-order valence-corrected chi connectivity index (χ0v) is 12.6. The number of hydrogen-bond acceptors (Lipinski definition) is 4. The molecule has 0 spiro atoms. The van der Waals surface area contributed by atoms with Crippen molar-refractivity contribution in [2.45, 2.75) is 43.9 Å². The summed E-state index contributed by atoms with van der Waals surface area (Å²) in [6.07, 6.45) is 6.95. The van der Waals surface area contributed by atoms with Crippen LogP contribution < -0.4 is 5.73 Å². The highest BCUT2D eigenvalue weighted by molar-refractivity contribution is 8.00. The Kier molecular flexibility index (Phi) is 3.00. The second-order valence-electron chi connectivity index (χ2n) is 5.39. The molecule has 6 heteroatoms. The van der Waals surface area contributed by atoms with Gasteiger partial charge in [0.05, 0.1) is 5.69 Å². The zero-order valence-electron chi connectivity index (χ0n) is 11.8. The quantitative estimate of drug-likeness (QED) is 0.932. The molecule has 5 nitrogen and oxygen atoms in total. The maximum absolute atomic E-state index is 6.13. The molecule has 1 aliphatic carbocycles. The van der Waals surface area contributed by atoms with Crippen LogP contribution in [0.5, 0.6) is 0 Å². The first-order valence-electron chi connectivity index (χ1n) is 6.83. The average Bonchev–Trinajstić information content (AvgIpc) is 2.82. The molecule has 2 aromatic heterocycles. The SMILES string of the molecule is CCc1nn(C)c2c1nc(N)n2CC1(SC)CCC1. The van der Waals surface area contributed by atoms with Gasteiger partial charge in [0.15, 0.2) is 5.65 Å². The number of fused-ring (bicyclic) bond motifs is 1. The first-order valence-corrected chi connectivity index (χ1v) is 8.05. The van der Waals surface area contributed by atoms with Gasteiger partial charge in [0, 0.05) is 18.3 Å². The molecule has 19 heavy (non-hydrogen) atoms. The van der Waals surface area contributed by atoms with E-state index in [1.807, 2.05) is 23.5 Å². The van der Waals surface area contributed by atoms with Crippen LogP contribution in [0.3, 0.4) is 0 Å². The Morgan fingerprint density at radius 1 is 1.42 bits per heavy atom. The van der Waals surface area contributed by atoms with Gasteiger partial charge in [-0.1, -0.05) is 13.3 Å². The van der Waals surface area contributed by atoms with Crippen LogP contribution in [-0.2, 0) is 20.0 Å². The van der Waals surface area contributed by atoms with E-state index in [-0.39, 0.29) is 0 Å². The Labute approximate surface area is 117 Å². The standard InChI is InChI=1S/C13H21N5S/c1-4-9-10-11(17(2)16-9)18(12(14)15-10)8-13(19-3)6-5-7-13/h4-8H2,1-3H3,(H2,14,15). The van der Waals surface area contributed by atoms with Crippen LogP contribution in [0.15, 0.2) is 0 Å². The molecule has 1 saturated carbocycles. The Morgan fingerprint density at radius 3 is 2.68 bits per heavy atom. The predicted octanol–water partition coefficient (Wildman–Crippen LogP) is 2.20. The van der Waals surface area contributed by atoms with Gasteiger partial charge in [-0.3, -0.25) is 9.25 Å². The van der Waals surface area contributed by atoms with E-state index in [0.717, 1.165) is 29.8 Å². The number of nitrogens with zero attached hydrogens (tertiary/aromatic N) is 4.